The van der Waals surface area contributed by atoms with Crippen LogP contribution in [-0.4, -0.2) is 47.6 Å². The highest BCUT2D eigenvalue weighted by Gasteiger charge is 2.30. The summed E-state index contributed by atoms with van der Waals surface area (Å²) in [6.45, 7) is 2.04. The number of fused-ring (bicyclic) bond motifs is 1. The van der Waals surface area contributed by atoms with Gasteiger partial charge >= 0.3 is 0 Å². The van der Waals surface area contributed by atoms with Crippen molar-refractivity contribution in [3.63, 3.8) is 0 Å². The molecule has 2 aliphatic heterocycles. The normalized spacial score (nSPS) is 17.8. The highest BCUT2D eigenvalue weighted by molar-refractivity contribution is 6.10. The van der Waals surface area contributed by atoms with Gasteiger partial charge in [0.15, 0.2) is 5.75 Å². The molecule has 8 heteroatoms. The van der Waals surface area contributed by atoms with Crippen LogP contribution in [0.4, 0.5) is 5.69 Å². The molecular weight excluding hydrogens is 396 g/mol. The number of pyridine rings is 1. The second kappa shape index (κ2) is 8.03. The highest BCUT2D eigenvalue weighted by atomic mass is 16.5. The van der Waals surface area contributed by atoms with Gasteiger partial charge in [-0.1, -0.05) is 6.07 Å². The number of hydrogen-bond donors (Lipinski definition) is 0. The molecule has 1 amide bonds. The lowest BCUT2D eigenvalue weighted by atomic mass is 10.0. The summed E-state index contributed by atoms with van der Waals surface area (Å²) in [5.74, 6) is 0.995. The number of carbonyl (C=O) groups excluding carboxylic acids is 1. The fourth-order valence-electron chi connectivity index (χ4n) is 4.19. The van der Waals surface area contributed by atoms with E-state index in [2.05, 4.69) is 10.1 Å². The van der Waals surface area contributed by atoms with Crippen molar-refractivity contribution in [1.29, 1.82) is 0 Å². The molecule has 2 aromatic heterocycles. The van der Waals surface area contributed by atoms with Crippen molar-refractivity contribution >= 4 is 11.6 Å². The Labute approximate surface area is 180 Å². The predicted molar refractivity (Wildman–Crippen MR) is 114 cm³/mol. The molecule has 0 N–H and O–H groups in total. The van der Waals surface area contributed by atoms with Gasteiger partial charge in [-0.25, -0.2) is 4.98 Å². The Kier molecular flexibility index (Phi) is 5.07. The molecule has 1 aromatic carbocycles. The third-order valence-electron chi connectivity index (χ3n) is 5.82. The number of hydrogen-bond acceptors (Lipinski definition) is 6. The van der Waals surface area contributed by atoms with E-state index in [1.807, 2.05) is 35.1 Å². The maximum atomic E-state index is 13.0. The van der Waals surface area contributed by atoms with Crippen LogP contribution in [0.25, 0.3) is 11.1 Å². The number of amides is 1. The molecule has 5 rings (SSSR count). The van der Waals surface area contributed by atoms with E-state index >= 15 is 0 Å². The monoisotopic (exact) mass is 420 g/mol. The molecule has 2 aliphatic rings. The first-order chi connectivity index (χ1) is 15.2. The van der Waals surface area contributed by atoms with Crippen LogP contribution in [0.5, 0.6) is 11.6 Å². The first-order valence-corrected chi connectivity index (χ1v) is 10.3. The molecule has 160 valence electrons. The first kappa shape index (κ1) is 19.6. The van der Waals surface area contributed by atoms with Crippen molar-refractivity contribution in [2.75, 3.05) is 25.7 Å². The van der Waals surface area contributed by atoms with E-state index in [-0.39, 0.29) is 12.0 Å². The summed E-state index contributed by atoms with van der Waals surface area (Å²) in [5.41, 5.74) is 4.36. The van der Waals surface area contributed by atoms with Crippen molar-refractivity contribution < 1.29 is 19.0 Å². The van der Waals surface area contributed by atoms with Crippen LogP contribution in [0.2, 0.25) is 0 Å². The molecule has 8 nitrogen and oxygen atoms in total. The van der Waals surface area contributed by atoms with Gasteiger partial charge in [-0.15, -0.1) is 0 Å². The predicted octanol–water partition coefficient (Wildman–Crippen LogP) is 3.30. The Morgan fingerprint density at radius 3 is 2.84 bits per heavy atom. The number of methoxy groups -OCH3 is 2. The zero-order valence-corrected chi connectivity index (χ0v) is 17.6. The zero-order valence-electron chi connectivity index (χ0n) is 17.6. The van der Waals surface area contributed by atoms with Crippen LogP contribution < -0.4 is 14.4 Å². The lowest BCUT2D eigenvalue weighted by Gasteiger charge is -2.13. The van der Waals surface area contributed by atoms with Gasteiger partial charge in [0, 0.05) is 30.1 Å². The van der Waals surface area contributed by atoms with E-state index in [0.29, 0.717) is 30.3 Å². The molecule has 4 heterocycles. The molecule has 31 heavy (non-hydrogen) atoms. The Bertz CT molecular complexity index is 1120. The Hall–Kier alpha value is -3.39. The summed E-state index contributed by atoms with van der Waals surface area (Å²) in [6, 6.07) is 7.73. The number of aromatic nitrogens is 3. The van der Waals surface area contributed by atoms with Crippen LogP contribution in [-0.2, 0) is 17.8 Å². The van der Waals surface area contributed by atoms with Gasteiger partial charge < -0.3 is 19.1 Å². The number of benzene rings is 1. The zero-order chi connectivity index (χ0) is 21.4. The van der Waals surface area contributed by atoms with Crippen molar-refractivity contribution in [3.05, 3.63) is 54.0 Å². The largest absolute Gasteiger partial charge is 0.491 e. The quantitative estimate of drug-likeness (QED) is 0.609. The molecule has 0 spiro atoms. The first-order valence-electron chi connectivity index (χ1n) is 10.3. The number of rotatable bonds is 6. The second-order valence-electron chi connectivity index (χ2n) is 7.75. The maximum Gasteiger partial charge on any atom is 0.259 e. The average Bonchev–Trinajstić information content (AvgIpc) is 3.54. The molecule has 0 saturated carbocycles. The molecule has 1 saturated heterocycles. The highest BCUT2D eigenvalue weighted by Crippen LogP contribution is 2.34. The van der Waals surface area contributed by atoms with E-state index in [1.165, 1.54) is 0 Å². The maximum absolute atomic E-state index is 13.0. The number of carbonyl (C=O) groups is 1. The third kappa shape index (κ3) is 3.63. The molecular formula is C23H24N4O4. The lowest BCUT2D eigenvalue weighted by Crippen LogP contribution is -2.22. The van der Waals surface area contributed by atoms with Crippen LogP contribution in [0.1, 0.15) is 28.8 Å². The van der Waals surface area contributed by atoms with E-state index in [9.17, 15) is 4.79 Å². The fourth-order valence-corrected chi connectivity index (χ4v) is 4.19. The van der Waals surface area contributed by atoms with Crippen LogP contribution in [0, 0.1) is 0 Å². The van der Waals surface area contributed by atoms with Gasteiger partial charge in [0.1, 0.15) is 0 Å². The SMILES string of the molecule is COc1cc(-c2ccc3c(c2)CN(c2cnn(CC4CCCO4)c2)C3=O)cnc1OC. The topological polar surface area (TPSA) is 78.7 Å². The van der Waals surface area contributed by atoms with Gasteiger partial charge in [0.25, 0.3) is 11.8 Å². The third-order valence-corrected chi connectivity index (χ3v) is 5.82. The van der Waals surface area contributed by atoms with E-state index < -0.39 is 0 Å². The Morgan fingerprint density at radius 2 is 2.06 bits per heavy atom. The average molecular weight is 420 g/mol. The fraction of sp³-hybridized carbons (Fsp3) is 0.348. The van der Waals surface area contributed by atoms with Gasteiger partial charge in [-0.3, -0.25) is 9.48 Å². The molecule has 1 fully saturated rings. The van der Waals surface area contributed by atoms with Crippen LogP contribution in [0.3, 0.4) is 0 Å². The number of ether oxygens (including phenoxy) is 3. The molecule has 0 bridgehead atoms. The summed E-state index contributed by atoms with van der Waals surface area (Å²) < 4.78 is 18.1. The van der Waals surface area contributed by atoms with Crippen LogP contribution >= 0.6 is 0 Å². The summed E-state index contributed by atoms with van der Waals surface area (Å²) >= 11 is 0. The van der Waals surface area contributed by atoms with Gasteiger partial charge in [0.05, 0.1) is 45.3 Å². The molecule has 0 radical (unpaired) electrons. The van der Waals surface area contributed by atoms with Gasteiger partial charge in [0.2, 0.25) is 0 Å². The summed E-state index contributed by atoms with van der Waals surface area (Å²) in [4.78, 5) is 19.1. The minimum Gasteiger partial charge on any atom is -0.491 e. The second-order valence-corrected chi connectivity index (χ2v) is 7.75. The minimum absolute atomic E-state index is 0.0105. The van der Waals surface area contributed by atoms with Gasteiger partial charge in [-0.2, -0.15) is 5.10 Å². The minimum atomic E-state index is -0.0105. The van der Waals surface area contributed by atoms with Crippen molar-refractivity contribution in [3.8, 4) is 22.8 Å². The molecule has 3 aromatic rings. The van der Waals surface area contributed by atoms with Crippen molar-refractivity contribution in [2.45, 2.75) is 32.0 Å². The molecule has 0 aliphatic carbocycles. The Morgan fingerprint density at radius 1 is 1.16 bits per heavy atom. The smallest absolute Gasteiger partial charge is 0.259 e. The molecule has 1 unspecified atom stereocenters. The molecule has 1 atom stereocenters. The standard InChI is InChI=1S/C23H24N4O4/c1-29-21-9-16(10-24-22(21)30-2)15-5-6-20-17(8-15)12-27(23(20)28)18-11-25-26(13-18)14-19-4-3-7-31-19/h5-6,8-11,13,19H,3-4,7,12,14H2,1-2H3. The number of anilines is 1. The Balaban J connectivity index is 1.37. The van der Waals surface area contributed by atoms with E-state index in [1.54, 1.807) is 31.5 Å². The van der Waals surface area contributed by atoms with Crippen molar-refractivity contribution in [1.82, 2.24) is 14.8 Å². The van der Waals surface area contributed by atoms with E-state index in [0.717, 1.165) is 41.8 Å². The number of nitrogens with zero attached hydrogens (tertiary/aromatic N) is 4. The van der Waals surface area contributed by atoms with E-state index in [4.69, 9.17) is 14.2 Å². The van der Waals surface area contributed by atoms with Crippen LogP contribution in [0.15, 0.2) is 42.9 Å². The summed E-state index contributed by atoms with van der Waals surface area (Å²) in [6.07, 6.45) is 7.76. The van der Waals surface area contributed by atoms with Gasteiger partial charge in [-0.05, 0) is 42.2 Å². The lowest BCUT2D eigenvalue weighted by molar-refractivity contribution is 0.0940. The summed E-state index contributed by atoms with van der Waals surface area (Å²) in [7, 11) is 3.14. The summed E-state index contributed by atoms with van der Waals surface area (Å²) in [5, 5.41) is 4.43. The van der Waals surface area contributed by atoms with Crippen molar-refractivity contribution in [2.24, 2.45) is 0 Å².